The molecule has 16 heavy (non-hydrogen) atoms. The lowest BCUT2D eigenvalue weighted by molar-refractivity contribution is -0.0323. The van der Waals surface area contributed by atoms with Gasteiger partial charge in [0.2, 0.25) is 0 Å². The Morgan fingerprint density at radius 3 is 2.25 bits per heavy atom. The molecule has 0 amide bonds. The number of halogens is 3. The first-order valence-electron chi connectivity index (χ1n) is 5.88. The van der Waals surface area contributed by atoms with E-state index in [1.807, 2.05) is 0 Å². The van der Waals surface area contributed by atoms with Crippen LogP contribution < -0.4 is 0 Å². The molecule has 4 saturated carbocycles. The third-order valence-corrected chi connectivity index (χ3v) is 5.08. The van der Waals surface area contributed by atoms with Crippen LogP contribution in [0.5, 0.6) is 0 Å². The molecule has 0 heterocycles. The third kappa shape index (κ3) is 1.96. The first-order valence-corrected chi connectivity index (χ1v) is 6.65. The predicted molar refractivity (Wildman–Crippen MR) is 57.9 cm³/mol. The second-order valence-corrected chi connectivity index (χ2v) is 6.70. The van der Waals surface area contributed by atoms with Crippen molar-refractivity contribution in [2.75, 3.05) is 6.54 Å². The summed E-state index contributed by atoms with van der Waals surface area (Å²) in [7, 11) is 0. The van der Waals surface area contributed by atoms with E-state index in [9.17, 15) is 13.2 Å². The van der Waals surface area contributed by atoms with Crippen LogP contribution in [0.1, 0.15) is 32.1 Å². The average Bonchev–Trinajstić information content (AvgIpc) is 2.51. The largest absolute Gasteiger partial charge is 0.599 e. The second-order valence-electron chi connectivity index (χ2n) is 5.79. The van der Waals surface area contributed by atoms with Gasteiger partial charge in [-0.1, -0.05) is 0 Å². The minimum Gasteiger partial charge on any atom is -0.599 e. The Morgan fingerprint density at radius 1 is 1.12 bits per heavy atom. The first-order chi connectivity index (χ1) is 7.46. The van der Waals surface area contributed by atoms with Gasteiger partial charge >= 0.3 is 5.51 Å². The van der Waals surface area contributed by atoms with Gasteiger partial charge in [0.1, 0.15) is 0 Å². The second kappa shape index (κ2) is 3.55. The Kier molecular flexibility index (Phi) is 2.48. The van der Waals surface area contributed by atoms with Crippen molar-refractivity contribution in [2.45, 2.75) is 37.6 Å². The van der Waals surface area contributed by atoms with Crippen LogP contribution in [0.3, 0.4) is 0 Å². The van der Waals surface area contributed by atoms with Gasteiger partial charge in [0, 0.05) is 0 Å². The van der Waals surface area contributed by atoms with Gasteiger partial charge in [-0.2, -0.15) is 25.1 Å². The Morgan fingerprint density at radius 2 is 1.75 bits per heavy atom. The Labute approximate surface area is 97.7 Å². The molecule has 0 radical (unpaired) electrons. The van der Waals surface area contributed by atoms with E-state index in [0.717, 1.165) is 37.0 Å². The van der Waals surface area contributed by atoms with Gasteiger partial charge in [-0.3, -0.25) is 0 Å². The summed E-state index contributed by atoms with van der Waals surface area (Å²) in [5.74, 6) is 2.42. The van der Waals surface area contributed by atoms with E-state index in [0.29, 0.717) is 6.54 Å². The maximum atomic E-state index is 12.0. The molecule has 0 saturated heterocycles. The van der Waals surface area contributed by atoms with Crippen molar-refractivity contribution < 1.29 is 13.2 Å². The Bertz CT molecular complexity index is 272. The highest BCUT2D eigenvalue weighted by Gasteiger charge is 2.53. The quantitative estimate of drug-likeness (QED) is 0.679. The van der Waals surface area contributed by atoms with Crippen molar-refractivity contribution in [2.24, 2.45) is 23.2 Å². The normalized spacial score (nSPS) is 45.6. The van der Waals surface area contributed by atoms with Crippen molar-refractivity contribution in [3.05, 3.63) is 4.72 Å². The van der Waals surface area contributed by atoms with E-state index >= 15 is 0 Å². The lowest BCUT2D eigenvalue weighted by atomic mass is 9.70. The van der Waals surface area contributed by atoms with Crippen molar-refractivity contribution in [1.29, 1.82) is 0 Å². The van der Waals surface area contributed by atoms with Crippen LogP contribution in [0.25, 0.3) is 4.72 Å². The fourth-order valence-electron chi connectivity index (χ4n) is 4.41. The molecular weight excluding hydrogens is 235 g/mol. The van der Waals surface area contributed by atoms with Crippen LogP contribution in [0.4, 0.5) is 13.2 Å². The summed E-state index contributed by atoms with van der Waals surface area (Å²) in [6.45, 7) is 0.417. The van der Waals surface area contributed by atoms with Gasteiger partial charge in [-0.05, 0) is 55.3 Å². The highest BCUT2D eigenvalue weighted by molar-refractivity contribution is 8.02. The minimum atomic E-state index is -4.20. The van der Waals surface area contributed by atoms with Crippen LogP contribution in [0.15, 0.2) is 0 Å². The third-order valence-electron chi connectivity index (χ3n) is 4.62. The van der Waals surface area contributed by atoms with Crippen LogP contribution in [-0.4, -0.2) is 12.1 Å². The summed E-state index contributed by atoms with van der Waals surface area (Å²) in [6, 6.07) is 0. The molecule has 0 aliphatic heterocycles. The maximum Gasteiger partial charge on any atom is 0.423 e. The lowest BCUT2D eigenvalue weighted by Crippen LogP contribution is -2.30. The van der Waals surface area contributed by atoms with Crippen LogP contribution in [0.2, 0.25) is 0 Å². The van der Waals surface area contributed by atoms with Crippen LogP contribution >= 0.6 is 11.9 Å². The molecule has 5 heteroatoms. The van der Waals surface area contributed by atoms with Gasteiger partial charge in [-0.25, -0.2) is 0 Å². The van der Waals surface area contributed by atoms with Gasteiger partial charge < -0.3 is 4.72 Å². The summed E-state index contributed by atoms with van der Waals surface area (Å²) in [4.78, 5) is 0. The van der Waals surface area contributed by atoms with E-state index in [1.165, 1.54) is 12.8 Å². The summed E-state index contributed by atoms with van der Waals surface area (Å²) in [5, 5.41) is 0. The summed E-state index contributed by atoms with van der Waals surface area (Å²) < 4.78 is 39.7. The number of nitrogens with zero attached hydrogens (tertiary/aromatic N) is 1. The highest BCUT2D eigenvalue weighted by Crippen LogP contribution is 2.64. The van der Waals surface area contributed by atoms with Crippen molar-refractivity contribution in [3.63, 3.8) is 0 Å². The monoisotopic (exact) mass is 250 g/mol. The van der Waals surface area contributed by atoms with E-state index in [2.05, 4.69) is 4.72 Å². The van der Waals surface area contributed by atoms with Crippen molar-refractivity contribution >= 4 is 11.9 Å². The zero-order chi connectivity index (χ0) is 11.4. The topological polar surface area (TPSA) is 14.1 Å². The Balaban J connectivity index is 1.56. The van der Waals surface area contributed by atoms with Gasteiger partial charge in [0.25, 0.3) is 0 Å². The zero-order valence-corrected chi connectivity index (χ0v) is 9.78. The van der Waals surface area contributed by atoms with Crippen LogP contribution in [0, 0.1) is 23.2 Å². The van der Waals surface area contributed by atoms with E-state index < -0.39 is 5.51 Å². The zero-order valence-electron chi connectivity index (χ0n) is 8.96. The molecule has 4 aliphatic carbocycles. The smallest absolute Gasteiger partial charge is 0.423 e. The standard InChI is InChI=1S/C11H15F3NS/c12-11(13,14)16-15-6-10-3-7-1-8(4-10)9(2-7)5-10/h7-9H,1-6H2/q-1. The molecule has 0 aromatic carbocycles. The number of rotatable bonds is 3. The number of hydrogen-bond acceptors (Lipinski definition) is 1. The molecule has 4 fully saturated rings. The number of hydrogen-bond donors (Lipinski definition) is 0. The maximum absolute atomic E-state index is 12.0. The van der Waals surface area contributed by atoms with Crippen molar-refractivity contribution in [1.82, 2.24) is 0 Å². The molecular formula is C11H15F3NS-. The molecule has 0 spiro atoms. The fourth-order valence-corrected chi connectivity index (χ4v) is 4.90. The average molecular weight is 250 g/mol. The highest BCUT2D eigenvalue weighted by atomic mass is 32.2. The molecule has 4 aliphatic rings. The molecule has 0 aromatic rings. The molecule has 2 unspecified atom stereocenters. The summed E-state index contributed by atoms with van der Waals surface area (Å²) in [5.41, 5.74) is -4.05. The molecule has 2 atom stereocenters. The van der Waals surface area contributed by atoms with Crippen molar-refractivity contribution in [3.8, 4) is 0 Å². The molecule has 4 rings (SSSR count). The van der Waals surface area contributed by atoms with Gasteiger partial charge in [-0.15, -0.1) is 6.54 Å². The summed E-state index contributed by atoms with van der Waals surface area (Å²) in [6.07, 6.45) is 6.06. The van der Waals surface area contributed by atoms with E-state index in [1.54, 1.807) is 0 Å². The fraction of sp³-hybridized carbons (Fsp3) is 1.00. The molecule has 4 bridgehead atoms. The first kappa shape index (κ1) is 11.2. The SMILES string of the molecule is FC(F)(F)S[N-]CC12CC3CC(C1)C(C3)C2. The van der Waals surface area contributed by atoms with Gasteiger partial charge in [0.15, 0.2) is 0 Å². The van der Waals surface area contributed by atoms with E-state index in [-0.39, 0.29) is 17.4 Å². The van der Waals surface area contributed by atoms with Crippen LogP contribution in [-0.2, 0) is 0 Å². The lowest BCUT2D eigenvalue weighted by Gasteiger charge is -2.43. The molecule has 1 nitrogen and oxygen atoms in total. The molecule has 0 aromatic heterocycles. The molecule has 0 N–H and O–H groups in total. The number of alkyl halides is 3. The van der Waals surface area contributed by atoms with E-state index in [4.69, 9.17) is 0 Å². The predicted octanol–water partition coefficient (Wildman–Crippen LogP) is 4.35. The minimum absolute atomic E-state index is 0.148. The Hall–Kier alpha value is 0.1000. The van der Waals surface area contributed by atoms with Gasteiger partial charge in [0.05, 0.1) is 0 Å². The summed E-state index contributed by atoms with van der Waals surface area (Å²) >= 11 is -0.199. The molecule has 92 valence electrons.